The van der Waals surface area contributed by atoms with Crippen molar-refractivity contribution in [2.45, 2.75) is 19.0 Å². The first-order chi connectivity index (χ1) is 7.31. The Labute approximate surface area is 87.1 Å². The van der Waals surface area contributed by atoms with Gasteiger partial charge in [-0.15, -0.1) is 0 Å². The van der Waals surface area contributed by atoms with Gasteiger partial charge in [-0.2, -0.15) is 0 Å². The number of hydrogen-bond acceptors (Lipinski definition) is 4. The highest BCUT2D eigenvalue weighted by Gasteiger charge is 2.25. The molecule has 0 fully saturated rings. The minimum absolute atomic E-state index is 0.0356. The number of carbonyl (C=O) groups excluding carboxylic acids is 1. The molecule has 1 unspecified atom stereocenters. The molecule has 1 aromatic rings. The van der Waals surface area contributed by atoms with Crippen LogP contribution in [0.5, 0.6) is 0 Å². The molecule has 15 heavy (non-hydrogen) atoms. The van der Waals surface area contributed by atoms with Gasteiger partial charge < -0.3 is 15.4 Å². The van der Waals surface area contributed by atoms with Crippen LogP contribution in [-0.2, 0) is 17.8 Å². The molecule has 1 aliphatic rings. The van der Waals surface area contributed by atoms with E-state index < -0.39 is 0 Å². The molecule has 0 aliphatic carbocycles. The highest BCUT2D eigenvalue weighted by molar-refractivity contribution is 5.82. The Hall–Kier alpha value is -1.40. The molecule has 2 rings (SSSR count). The predicted octanol–water partition coefficient (Wildman–Crippen LogP) is -1.47. The number of fused-ring (bicyclic) bond motifs is 1. The van der Waals surface area contributed by atoms with E-state index in [-0.39, 0.29) is 18.6 Å². The highest BCUT2D eigenvalue weighted by Crippen LogP contribution is 2.11. The molecule has 0 aromatic carbocycles. The van der Waals surface area contributed by atoms with E-state index >= 15 is 0 Å². The lowest BCUT2D eigenvalue weighted by atomic mass is 10.1. The SMILES string of the molecule is O=C(NCCO)C1Cc2nc[nH]c2CN1. The third-order valence-corrected chi connectivity index (χ3v) is 2.46. The first-order valence-electron chi connectivity index (χ1n) is 4.94. The number of hydrogen-bond donors (Lipinski definition) is 4. The van der Waals surface area contributed by atoms with Crippen LogP contribution in [0.25, 0.3) is 0 Å². The number of aliphatic hydroxyl groups excluding tert-OH is 1. The van der Waals surface area contributed by atoms with Crippen LogP contribution in [0.4, 0.5) is 0 Å². The fourth-order valence-electron chi connectivity index (χ4n) is 1.66. The summed E-state index contributed by atoms with van der Waals surface area (Å²) in [4.78, 5) is 18.7. The maximum absolute atomic E-state index is 11.6. The maximum atomic E-state index is 11.6. The Morgan fingerprint density at radius 3 is 3.40 bits per heavy atom. The summed E-state index contributed by atoms with van der Waals surface area (Å²) in [7, 11) is 0. The van der Waals surface area contributed by atoms with E-state index in [0.717, 1.165) is 11.4 Å². The fourth-order valence-corrected chi connectivity index (χ4v) is 1.66. The van der Waals surface area contributed by atoms with Crippen LogP contribution < -0.4 is 10.6 Å². The molecular formula is C9H14N4O2. The van der Waals surface area contributed by atoms with Crippen molar-refractivity contribution < 1.29 is 9.90 Å². The summed E-state index contributed by atoms with van der Waals surface area (Å²) < 4.78 is 0. The molecule has 2 heterocycles. The van der Waals surface area contributed by atoms with Crippen LogP contribution in [0.1, 0.15) is 11.4 Å². The van der Waals surface area contributed by atoms with Crippen molar-refractivity contribution in [3.63, 3.8) is 0 Å². The Morgan fingerprint density at radius 2 is 2.60 bits per heavy atom. The van der Waals surface area contributed by atoms with Gasteiger partial charge in [0.2, 0.25) is 5.91 Å². The van der Waals surface area contributed by atoms with Gasteiger partial charge in [0.15, 0.2) is 0 Å². The van der Waals surface area contributed by atoms with E-state index in [1.807, 2.05) is 0 Å². The number of amides is 1. The standard InChI is InChI=1S/C9H14N4O2/c14-2-1-10-9(15)7-3-6-8(4-11-7)13-5-12-6/h5,7,11,14H,1-4H2,(H,10,15)(H,12,13). The van der Waals surface area contributed by atoms with Gasteiger partial charge in [-0.05, 0) is 0 Å². The van der Waals surface area contributed by atoms with Crippen LogP contribution in [0.3, 0.4) is 0 Å². The molecule has 1 amide bonds. The monoisotopic (exact) mass is 210 g/mol. The largest absolute Gasteiger partial charge is 0.395 e. The Morgan fingerprint density at radius 1 is 1.73 bits per heavy atom. The molecule has 6 heteroatoms. The Balaban J connectivity index is 1.94. The van der Waals surface area contributed by atoms with Gasteiger partial charge in [-0.1, -0.05) is 0 Å². The topological polar surface area (TPSA) is 90.0 Å². The molecule has 1 aromatic heterocycles. The van der Waals surface area contributed by atoms with Crippen molar-refractivity contribution in [3.05, 3.63) is 17.7 Å². The summed E-state index contributed by atoms with van der Waals surface area (Å²) in [5.41, 5.74) is 1.99. The number of imidazole rings is 1. The molecule has 0 radical (unpaired) electrons. The Bertz CT molecular complexity index is 350. The molecule has 0 bridgehead atoms. The quantitative estimate of drug-likeness (QED) is 0.490. The van der Waals surface area contributed by atoms with E-state index in [9.17, 15) is 4.79 Å². The van der Waals surface area contributed by atoms with Gasteiger partial charge in [0.1, 0.15) is 0 Å². The molecule has 82 valence electrons. The third-order valence-electron chi connectivity index (χ3n) is 2.46. The lowest BCUT2D eigenvalue weighted by Crippen LogP contribution is -2.48. The van der Waals surface area contributed by atoms with Crippen LogP contribution in [0.15, 0.2) is 6.33 Å². The van der Waals surface area contributed by atoms with Crippen LogP contribution in [0, 0.1) is 0 Å². The zero-order valence-corrected chi connectivity index (χ0v) is 8.29. The number of H-pyrrole nitrogens is 1. The lowest BCUT2D eigenvalue weighted by Gasteiger charge is -2.21. The van der Waals surface area contributed by atoms with Gasteiger partial charge in [0.05, 0.1) is 30.4 Å². The number of rotatable bonds is 3. The predicted molar refractivity (Wildman–Crippen MR) is 53.0 cm³/mol. The lowest BCUT2D eigenvalue weighted by molar-refractivity contribution is -0.123. The Kier molecular flexibility index (Phi) is 2.98. The van der Waals surface area contributed by atoms with Gasteiger partial charge in [0, 0.05) is 19.5 Å². The van der Waals surface area contributed by atoms with Crippen LogP contribution >= 0.6 is 0 Å². The second kappa shape index (κ2) is 4.41. The van der Waals surface area contributed by atoms with Gasteiger partial charge in [-0.3, -0.25) is 10.1 Å². The summed E-state index contributed by atoms with van der Waals surface area (Å²) in [6, 6.07) is -0.243. The number of carbonyl (C=O) groups is 1. The molecular weight excluding hydrogens is 196 g/mol. The minimum atomic E-state index is -0.243. The molecule has 6 nitrogen and oxygen atoms in total. The van der Waals surface area contributed by atoms with Crippen molar-refractivity contribution >= 4 is 5.91 Å². The highest BCUT2D eigenvalue weighted by atomic mass is 16.3. The zero-order chi connectivity index (χ0) is 10.7. The summed E-state index contributed by atoms with van der Waals surface area (Å²) in [6.45, 7) is 0.892. The summed E-state index contributed by atoms with van der Waals surface area (Å²) in [6.07, 6.45) is 2.23. The normalized spacial score (nSPS) is 19.7. The number of aliphatic hydroxyl groups is 1. The first-order valence-corrected chi connectivity index (χ1v) is 4.94. The van der Waals surface area contributed by atoms with Crippen LogP contribution in [0.2, 0.25) is 0 Å². The van der Waals surface area contributed by atoms with E-state index in [1.165, 1.54) is 0 Å². The summed E-state index contributed by atoms with van der Waals surface area (Å²) in [5, 5.41) is 14.3. The number of aromatic amines is 1. The molecule has 1 atom stereocenters. The summed E-state index contributed by atoms with van der Waals surface area (Å²) in [5.74, 6) is -0.0855. The number of nitrogens with one attached hydrogen (secondary N) is 3. The van der Waals surface area contributed by atoms with Crippen molar-refractivity contribution in [2.75, 3.05) is 13.2 Å². The molecule has 4 N–H and O–H groups in total. The maximum Gasteiger partial charge on any atom is 0.237 e. The first kappa shape index (κ1) is 10.1. The fraction of sp³-hybridized carbons (Fsp3) is 0.556. The average Bonchev–Trinajstić information content (AvgIpc) is 2.72. The van der Waals surface area contributed by atoms with Crippen molar-refractivity contribution in [2.24, 2.45) is 0 Å². The summed E-state index contributed by atoms with van der Waals surface area (Å²) >= 11 is 0. The minimum Gasteiger partial charge on any atom is -0.395 e. The van der Waals surface area contributed by atoms with Crippen LogP contribution in [-0.4, -0.2) is 40.2 Å². The number of nitrogens with zero attached hydrogens (tertiary/aromatic N) is 1. The van der Waals surface area contributed by atoms with Crippen molar-refractivity contribution in [1.29, 1.82) is 0 Å². The zero-order valence-electron chi connectivity index (χ0n) is 8.29. The molecule has 0 spiro atoms. The molecule has 0 saturated heterocycles. The van der Waals surface area contributed by atoms with Gasteiger partial charge in [0.25, 0.3) is 0 Å². The van der Waals surface area contributed by atoms with E-state index in [1.54, 1.807) is 6.33 Å². The smallest absolute Gasteiger partial charge is 0.237 e. The van der Waals surface area contributed by atoms with Crippen molar-refractivity contribution in [3.8, 4) is 0 Å². The number of aromatic nitrogens is 2. The van der Waals surface area contributed by atoms with E-state index in [2.05, 4.69) is 20.6 Å². The van der Waals surface area contributed by atoms with Gasteiger partial charge >= 0.3 is 0 Å². The second-order valence-corrected chi connectivity index (χ2v) is 3.48. The van der Waals surface area contributed by atoms with E-state index in [4.69, 9.17) is 5.11 Å². The third kappa shape index (κ3) is 2.16. The van der Waals surface area contributed by atoms with Crippen molar-refractivity contribution in [1.82, 2.24) is 20.6 Å². The second-order valence-electron chi connectivity index (χ2n) is 3.48. The average molecular weight is 210 g/mol. The molecule has 0 saturated carbocycles. The molecule has 1 aliphatic heterocycles. The van der Waals surface area contributed by atoms with Gasteiger partial charge in [-0.25, -0.2) is 4.98 Å². The van der Waals surface area contributed by atoms with E-state index in [0.29, 0.717) is 19.5 Å².